The molecule has 1 aromatic heterocycles. The van der Waals surface area contributed by atoms with Gasteiger partial charge in [0.2, 0.25) is 11.8 Å². The summed E-state index contributed by atoms with van der Waals surface area (Å²) in [6.45, 7) is 0.790. The smallest absolute Gasteiger partial charge is 0.243 e. The van der Waals surface area contributed by atoms with Gasteiger partial charge in [0, 0.05) is 29.6 Å². The number of amides is 2. The molecule has 0 spiro atoms. The zero-order valence-electron chi connectivity index (χ0n) is 13.4. The van der Waals surface area contributed by atoms with Crippen molar-refractivity contribution in [1.29, 1.82) is 0 Å². The van der Waals surface area contributed by atoms with Gasteiger partial charge in [-0.1, -0.05) is 29.5 Å². The van der Waals surface area contributed by atoms with Gasteiger partial charge in [0.05, 0.1) is 6.54 Å². The minimum Gasteiger partial charge on any atom is -0.333 e. The van der Waals surface area contributed by atoms with Crippen LogP contribution in [-0.2, 0) is 9.59 Å². The van der Waals surface area contributed by atoms with Gasteiger partial charge >= 0.3 is 0 Å². The monoisotopic (exact) mass is 344 g/mol. The van der Waals surface area contributed by atoms with Crippen LogP contribution in [0.2, 0.25) is 0 Å². The van der Waals surface area contributed by atoms with Gasteiger partial charge in [0.25, 0.3) is 0 Å². The zero-order chi connectivity index (χ0) is 16.8. The molecule has 2 aromatic rings. The summed E-state index contributed by atoms with van der Waals surface area (Å²) in [7, 11) is 0. The predicted molar refractivity (Wildman–Crippen MR) is 93.6 cm³/mol. The van der Waals surface area contributed by atoms with E-state index in [-0.39, 0.29) is 18.4 Å². The molecule has 0 atom stereocenters. The van der Waals surface area contributed by atoms with E-state index in [1.54, 1.807) is 4.90 Å². The minimum atomic E-state index is -0.160. The summed E-state index contributed by atoms with van der Waals surface area (Å²) < 4.78 is 3.84. The van der Waals surface area contributed by atoms with E-state index < -0.39 is 0 Å². The van der Waals surface area contributed by atoms with E-state index in [2.05, 4.69) is 14.9 Å². The van der Waals surface area contributed by atoms with E-state index >= 15 is 0 Å². The first-order valence-electron chi connectivity index (χ1n) is 8.17. The third-order valence-electron chi connectivity index (χ3n) is 4.08. The Labute approximate surface area is 145 Å². The van der Waals surface area contributed by atoms with Gasteiger partial charge in [-0.2, -0.15) is 0 Å². The number of nitrogens with zero attached hydrogens (tertiary/aromatic N) is 3. The Morgan fingerprint density at radius 3 is 2.71 bits per heavy atom. The van der Waals surface area contributed by atoms with Crippen LogP contribution in [-0.4, -0.2) is 39.4 Å². The molecule has 6 nitrogen and oxygen atoms in total. The van der Waals surface area contributed by atoms with Crippen LogP contribution in [0.4, 0.5) is 5.69 Å². The van der Waals surface area contributed by atoms with Crippen LogP contribution in [0, 0.1) is 0 Å². The molecule has 1 aromatic carbocycles. The van der Waals surface area contributed by atoms with Gasteiger partial charge in [-0.15, -0.1) is 5.10 Å². The average molecular weight is 344 g/mol. The van der Waals surface area contributed by atoms with Crippen molar-refractivity contribution in [2.45, 2.75) is 32.1 Å². The van der Waals surface area contributed by atoms with E-state index in [0.717, 1.165) is 36.9 Å². The quantitative estimate of drug-likeness (QED) is 0.925. The molecular formula is C17H20N4O2S. The molecule has 0 aliphatic carbocycles. The number of nitrogens with one attached hydrogen (secondary N) is 1. The Kier molecular flexibility index (Phi) is 5.53. The highest BCUT2D eigenvalue weighted by molar-refractivity contribution is 7.03. The van der Waals surface area contributed by atoms with Crippen molar-refractivity contribution in [2.75, 3.05) is 18.4 Å². The number of hydrogen-bond acceptors (Lipinski definition) is 5. The number of likely N-dealkylation sites (tertiary alicyclic amines) is 1. The lowest BCUT2D eigenvalue weighted by Gasteiger charge is -2.24. The maximum absolute atomic E-state index is 12.2. The molecule has 0 unspecified atom stereocenters. The molecule has 1 aliphatic heterocycles. The lowest BCUT2D eigenvalue weighted by Crippen LogP contribution is -2.39. The van der Waals surface area contributed by atoms with Crippen molar-refractivity contribution in [1.82, 2.24) is 14.5 Å². The summed E-state index contributed by atoms with van der Waals surface area (Å²) in [5.74, 6) is -0.0803. The Balaban J connectivity index is 1.57. The lowest BCUT2D eigenvalue weighted by atomic mass is 10.1. The number of carbonyl (C=O) groups is 2. The number of anilines is 1. The summed E-state index contributed by atoms with van der Waals surface area (Å²) in [4.78, 5) is 25.9. The van der Waals surface area contributed by atoms with Gasteiger partial charge in [0.1, 0.15) is 5.69 Å². The normalized spacial score (nSPS) is 15.7. The van der Waals surface area contributed by atoms with Crippen molar-refractivity contribution in [3.05, 3.63) is 29.6 Å². The Bertz CT molecular complexity index is 685. The number of benzene rings is 1. The first-order valence-corrected chi connectivity index (χ1v) is 9.01. The first-order chi connectivity index (χ1) is 11.7. The fraction of sp³-hybridized carbons (Fsp3) is 0.412. The van der Waals surface area contributed by atoms with Crippen molar-refractivity contribution in [2.24, 2.45) is 0 Å². The summed E-state index contributed by atoms with van der Waals surface area (Å²) in [5.41, 5.74) is 2.50. The molecule has 0 radical (unpaired) electrons. The van der Waals surface area contributed by atoms with Crippen molar-refractivity contribution in [3.8, 4) is 11.3 Å². The van der Waals surface area contributed by atoms with Crippen LogP contribution in [0.25, 0.3) is 11.3 Å². The fourth-order valence-electron chi connectivity index (χ4n) is 2.77. The molecular weight excluding hydrogens is 324 g/mol. The molecule has 7 heteroatoms. The van der Waals surface area contributed by atoms with Gasteiger partial charge in [-0.25, -0.2) is 0 Å². The molecule has 0 saturated carbocycles. The second-order valence-electron chi connectivity index (χ2n) is 5.90. The van der Waals surface area contributed by atoms with E-state index in [1.807, 2.05) is 29.6 Å². The average Bonchev–Trinajstić information content (AvgIpc) is 3.10. The van der Waals surface area contributed by atoms with Crippen LogP contribution >= 0.6 is 11.5 Å². The summed E-state index contributed by atoms with van der Waals surface area (Å²) in [5, 5.41) is 8.74. The minimum absolute atomic E-state index is 0.0798. The van der Waals surface area contributed by atoms with Crippen LogP contribution in [0.15, 0.2) is 29.6 Å². The van der Waals surface area contributed by atoms with Gasteiger partial charge in [-0.3, -0.25) is 9.59 Å². The highest BCUT2D eigenvalue weighted by Gasteiger charge is 2.18. The third kappa shape index (κ3) is 4.38. The fourth-order valence-corrected chi connectivity index (χ4v) is 3.24. The van der Waals surface area contributed by atoms with Crippen molar-refractivity contribution in [3.63, 3.8) is 0 Å². The molecule has 2 heterocycles. The summed E-state index contributed by atoms with van der Waals surface area (Å²) in [6, 6.07) is 7.46. The lowest BCUT2D eigenvalue weighted by molar-refractivity contribution is -0.135. The molecule has 1 fully saturated rings. The SMILES string of the molecule is O=C(CN1CCCCCCC1=O)Nc1ccc(-c2csnn2)cc1. The molecule has 126 valence electrons. The molecule has 24 heavy (non-hydrogen) atoms. The van der Waals surface area contributed by atoms with Crippen LogP contribution < -0.4 is 5.32 Å². The maximum atomic E-state index is 12.2. The first kappa shape index (κ1) is 16.6. The molecule has 0 bridgehead atoms. The zero-order valence-corrected chi connectivity index (χ0v) is 14.2. The predicted octanol–water partition coefficient (Wildman–Crippen LogP) is 2.94. The number of hydrogen-bond donors (Lipinski definition) is 1. The molecule has 2 amide bonds. The van der Waals surface area contributed by atoms with Crippen LogP contribution in [0.5, 0.6) is 0 Å². The van der Waals surface area contributed by atoms with Gasteiger partial charge < -0.3 is 10.2 Å². The van der Waals surface area contributed by atoms with Crippen molar-refractivity contribution >= 4 is 29.0 Å². The highest BCUT2D eigenvalue weighted by atomic mass is 32.1. The van der Waals surface area contributed by atoms with E-state index in [0.29, 0.717) is 18.7 Å². The summed E-state index contributed by atoms with van der Waals surface area (Å²) >= 11 is 1.30. The Morgan fingerprint density at radius 2 is 1.96 bits per heavy atom. The molecule has 1 saturated heterocycles. The second kappa shape index (κ2) is 8.01. The number of aromatic nitrogens is 2. The van der Waals surface area contributed by atoms with Gasteiger partial charge in [0.15, 0.2) is 0 Å². The van der Waals surface area contributed by atoms with E-state index in [4.69, 9.17) is 0 Å². The van der Waals surface area contributed by atoms with E-state index in [9.17, 15) is 9.59 Å². The highest BCUT2D eigenvalue weighted by Crippen LogP contribution is 2.20. The van der Waals surface area contributed by atoms with Crippen LogP contribution in [0.1, 0.15) is 32.1 Å². The number of rotatable bonds is 4. The molecule has 3 rings (SSSR count). The van der Waals surface area contributed by atoms with Crippen molar-refractivity contribution < 1.29 is 9.59 Å². The Hall–Kier alpha value is -2.28. The largest absolute Gasteiger partial charge is 0.333 e. The molecule has 1 aliphatic rings. The summed E-state index contributed by atoms with van der Waals surface area (Å²) in [6.07, 6.45) is 4.66. The molecule has 1 N–H and O–H groups in total. The standard InChI is InChI=1S/C17H20N4O2S/c22-16(11-21-10-4-2-1-3-5-17(21)23)18-14-8-6-13(7-9-14)15-12-24-20-19-15/h6-9,12H,1-5,10-11H2,(H,18,22). The Morgan fingerprint density at radius 1 is 1.17 bits per heavy atom. The second-order valence-corrected chi connectivity index (χ2v) is 6.51. The van der Waals surface area contributed by atoms with Crippen LogP contribution in [0.3, 0.4) is 0 Å². The van der Waals surface area contributed by atoms with Gasteiger partial charge in [-0.05, 0) is 36.5 Å². The third-order valence-corrected chi connectivity index (χ3v) is 4.58. The topological polar surface area (TPSA) is 75.2 Å². The van der Waals surface area contributed by atoms with E-state index in [1.165, 1.54) is 11.5 Å². The number of carbonyl (C=O) groups excluding carboxylic acids is 2. The maximum Gasteiger partial charge on any atom is 0.243 e.